The summed E-state index contributed by atoms with van der Waals surface area (Å²) in [6.07, 6.45) is 2.25. The summed E-state index contributed by atoms with van der Waals surface area (Å²) in [5.41, 5.74) is 0. The first kappa shape index (κ1) is 8.23. The number of alkyl halides is 2. The van der Waals surface area contributed by atoms with Gasteiger partial charge in [0.2, 0.25) is 0 Å². The highest BCUT2D eigenvalue weighted by Crippen LogP contribution is 2.65. The summed E-state index contributed by atoms with van der Waals surface area (Å²) in [6, 6.07) is 0. The molecule has 11 heavy (non-hydrogen) atoms. The number of halogens is 2. The number of aliphatic hydroxyl groups excluding tert-OH is 2. The van der Waals surface area contributed by atoms with Crippen molar-refractivity contribution >= 4 is 31.9 Å². The average molecular weight is 284 g/mol. The Bertz CT molecular complexity index is 214. The second-order valence-electron chi connectivity index (χ2n) is 3.09. The van der Waals surface area contributed by atoms with Gasteiger partial charge in [0, 0.05) is 11.8 Å². The quantitative estimate of drug-likeness (QED) is 0.515. The Kier molecular flexibility index (Phi) is 1.73. The van der Waals surface area contributed by atoms with Crippen LogP contribution >= 0.6 is 31.9 Å². The van der Waals surface area contributed by atoms with E-state index in [1.807, 2.05) is 6.08 Å². The molecule has 0 amide bonds. The van der Waals surface area contributed by atoms with Crippen molar-refractivity contribution in [3.8, 4) is 0 Å². The van der Waals surface area contributed by atoms with E-state index in [-0.39, 0.29) is 9.15 Å². The molecule has 2 aliphatic carbocycles. The molecule has 4 heteroatoms. The molecule has 2 rings (SSSR count). The summed E-state index contributed by atoms with van der Waals surface area (Å²) in [7, 11) is 0. The summed E-state index contributed by atoms with van der Waals surface area (Å²) in [5.74, 6) is 0.434. The molecule has 2 nitrogen and oxygen atoms in total. The molecule has 1 saturated carbocycles. The first-order chi connectivity index (χ1) is 5.05. The summed E-state index contributed by atoms with van der Waals surface area (Å²) < 4.78 is -0.173. The van der Waals surface area contributed by atoms with Gasteiger partial charge in [-0.2, -0.15) is 0 Å². The van der Waals surface area contributed by atoms with E-state index in [0.717, 1.165) is 0 Å². The lowest BCUT2D eigenvalue weighted by Gasteiger charge is -2.16. The van der Waals surface area contributed by atoms with Gasteiger partial charge >= 0.3 is 0 Å². The smallest absolute Gasteiger partial charge is 0.0983 e. The van der Waals surface area contributed by atoms with Crippen molar-refractivity contribution in [1.29, 1.82) is 0 Å². The average Bonchev–Trinajstić information content (AvgIpc) is 2.46. The third kappa shape index (κ3) is 1.03. The van der Waals surface area contributed by atoms with Crippen LogP contribution in [0.25, 0.3) is 0 Å². The number of hydrogen-bond acceptors (Lipinski definition) is 2. The Morgan fingerprint density at radius 3 is 2.36 bits per heavy atom. The van der Waals surface area contributed by atoms with Gasteiger partial charge in [-0.15, -0.1) is 0 Å². The Morgan fingerprint density at radius 2 is 1.82 bits per heavy atom. The molecule has 0 heterocycles. The van der Waals surface area contributed by atoms with Crippen molar-refractivity contribution in [1.82, 2.24) is 0 Å². The third-order valence-corrected chi connectivity index (χ3v) is 4.51. The maximum Gasteiger partial charge on any atom is 0.0983 e. The molecule has 0 aromatic heterocycles. The number of hydrogen-bond donors (Lipinski definition) is 2. The lowest BCUT2D eigenvalue weighted by atomic mass is 10.0. The van der Waals surface area contributed by atoms with Crippen LogP contribution in [0.4, 0.5) is 0 Å². The lowest BCUT2D eigenvalue weighted by molar-refractivity contribution is 0.0275. The molecule has 0 bridgehead atoms. The predicted octanol–water partition coefficient (Wildman–Crippen LogP) is 1.01. The van der Waals surface area contributed by atoms with Crippen molar-refractivity contribution < 1.29 is 10.2 Å². The molecule has 0 aromatic rings. The van der Waals surface area contributed by atoms with E-state index in [1.165, 1.54) is 0 Å². The van der Waals surface area contributed by atoms with Crippen LogP contribution in [-0.2, 0) is 0 Å². The van der Waals surface area contributed by atoms with Gasteiger partial charge in [0.1, 0.15) is 0 Å². The molecule has 0 aromatic carbocycles. The van der Waals surface area contributed by atoms with E-state index < -0.39 is 12.2 Å². The Morgan fingerprint density at radius 1 is 1.18 bits per heavy atom. The van der Waals surface area contributed by atoms with Crippen LogP contribution in [0.3, 0.4) is 0 Å². The van der Waals surface area contributed by atoms with Gasteiger partial charge in [-0.05, 0) is 0 Å². The minimum Gasteiger partial charge on any atom is -0.390 e. The normalized spacial score (nSPS) is 52.0. The van der Waals surface area contributed by atoms with Gasteiger partial charge in [-0.1, -0.05) is 44.0 Å². The second-order valence-corrected chi connectivity index (χ2v) is 6.78. The highest BCUT2D eigenvalue weighted by molar-refractivity contribution is 9.25. The van der Waals surface area contributed by atoms with E-state index in [4.69, 9.17) is 0 Å². The second kappa shape index (κ2) is 2.31. The summed E-state index contributed by atoms with van der Waals surface area (Å²) in [6.45, 7) is 0. The van der Waals surface area contributed by atoms with Crippen molar-refractivity contribution in [2.75, 3.05) is 0 Å². The monoisotopic (exact) mass is 282 g/mol. The SMILES string of the molecule is O[C@@H]1C=CC2C([C@@H]1O)C2(Br)Br. The molecule has 2 N–H and O–H groups in total. The van der Waals surface area contributed by atoms with Gasteiger partial charge < -0.3 is 10.2 Å². The Balaban J connectivity index is 2.23. The zero-order valence-corrected chi connectivity index (χ0v) is 8.79. The van der Waals surface area contributed by atoms with E-state index in [0.29, 0.717) is 5.92 Å². The van der Waals surface area contributed by atoms with Gasteiger partial charge in [0.05, 0.1) is 15.4 Å². The fourth-order valence-electron chi connectivity index (χ4n) is 1.62. The fraction of sp³-hybridized carbons (Fsp3) is 0.714. The fourth-order valence-corrected chi connectivity index (χ4v) is 3.34. The van der Waals surface area contributed by atoms with E-state index in [2.05, 4.69) is 31.9 Å². The molecular weight excluding hydrogens is 276 g/mol. The Hall–Kier alpha value is 0.620. The predicted molar refractivity (Wildman–Crippen MR) is 48.7 cm³/mol. The summed E-state index contributed by atoms with van der Waals surface area (Å²) >= 11 is 6.88. The molecular formula is C7H8Br2O2. The van der Waals surface area contributed by atoms with Gasteiger partial charge in [0.25, 0.3) is 0 Å². The summed E-state index contributed by atoms with van der Waals surface area (Å²) in [4.78, 5) is 0. The van der Waals surface area contributed by atoms with Crippen molar-refractivity contribution in [2.24, 2.45) is 11.8 Å². The third-order valence-electron chi connectivity index (χ3n) is 2.40. The minimum absolute atomic E-state index is 0.113. The standard InChI is InChI=1S/C7H8Br2O2/c8-7(9)3-1-2-4(10)6(11)5(3)7/h1-6,10-11H/t3?,4-,5?,6-/m1/s1. The van der Waals surface area contributed by atoms with Crippen LogP contribution in [0.15, 0.2) is 12.2 Å². The van der Waals surface area contributed by atoms with Crippen LogP contribution in [0.1, 0.15) is 0 Å². The molecule has 4 atom stereocenters. The minimum atomic E-state index is -0.701. The molecule has 0 spiro atoms. The van der Waals surface area contributed by atoms with E-state index in [1.54, 1.807) is 6.08 Å². The van der Waals surface area contributed by atoms with Gasteiger partial charge in [-0.25, -0.2) is 0 Å². The molecule has 0 aliphatic heterocycles. The zero-order valence-electron chi connectivity index (χ0n) is 5.61. The molecule has 0 radical (unpaired) electrons. The van der Waals surface area contributed by atoms with Crippen molar-refractivity contribution in [3.05, 3.63) is 12.2 Å². The number of rotatable bonds is 0. The zero-order chi connectivity index (χ0) is 8.22. The van der Waals surface area contributed by atoms with Crippen LogP contribution in [0, 0.1) is 11.8 Å². The Labute approximate surface area is 81.6 Å². The van der Waals surface area contributed by atoms with E-state index in [9.17, 15) is 10.2 Å². The van der Waals surface area contributed by atoms with Crippen molar-refractivity contribution in [2.45, 2.75) is 15.4 Å². The number of allylic oxidation sites excluding steroid dienone is 1. The van der Waals surface area contributed by atoms with Crippen LogP contribution < -0.4 is 0 Å². The highest BCUT2D eigenvalue weighted by Gasteiger charge is 2.65. The first-order valence-electron chi connectivity index (χ1n) is 3.47. The molecule has 62 valence electrons. The topological polar surface area (TPSA) is 40.5 Å². The van der Waals surface area contributed by atoms with Gasteiger partial charge in [-0.3, -0.25) is 0 Å². The largest absolute Gasteiger partial charge is 0.390 e. The number of fused-ring (bicyclic) bond motifs is 1. The molecule has 1 fully saturated rings. The van der Waals surface area contributed by atoms with E-state index >= 15 is 0 Å². The molecule has 0 saturated heterocycles. The lowest BCUT2D eigenvalue weighted by Crippen LogP contribution is -2.29. The van der Waals surface area contributed by atoms with Crippen LogP contribution in [-0.4, -0.2) is 25.7 Å². The van der Waals surface area contributed by atoms with Crippen LogP contribution in [0.5, 0.6) is 0 Å². The molecule has 2 aliphatic rings. The first-order valence-corrected chi connectivity index (χ1v) is 5.06. The highest BCUT2D eigenvalue weighted by atomic mass is 79.9. The van der Waals surface area contributed by atoms with Crippen LogP contribution in [0.2, 0.25) is 0 Å². The maximum absolute atomic E-state index is 9.46. The summed E-state index contributed by atoms with van der Waals surface area (Å²) in [5, 5.41) is 18.7. The van der Waals surface area contributed by atoms with Crippen molar-refractivity contribution in [3.63, 3.8) is 0 Å². The maximum atomic E-state index is 9.46. The van der Waals surface area contributed by atoms with Gasteiger partial charge in [0.15, 0.2) is 0 Å². The number of aliphatic hydroxyl groups is 2. The molecule has 2 unspecified atom stereocenters.